The van der Waals surface area contributed by atoms with Gasteiger partial charge in [0.05, 0.1) is 12.7 Å². The Kier molecular flexibility index (Phi) is 4.74. The first-order valence-electron chi connectivity index (χ1n) is 6.21. The zero-order valence-electron chi connectivity index (χ0n) is 11.2. The molecule has 1 saturated heterocycles. The molecule has 94 valence electrons. The number of rotatable bonds is 5. The van der Waals surface area contributed by atoms with Crippen molar-refractivity contribution in [3.63, 3.8) is 0 Å². The highest BCUT2D eigenvalue weighted by molar-refractivity contribution is 5.83. The molecule has 0 aromatic carbocycles. The lowest BCUT2D eigenvalue weighted by Crippen LogP contribution is -2.43. The molecule has 0 radical (unpaired) electrons. The van der Waals surface area contributed by atoms with Gasteiger partial charge in [0.2, 0.25) is 5.91 Å². The van der Waals surface area contributed by atoms with E-state index < -0.39 is 0 Å². The molecule has 1 aliphatic rings. The topological polar surface area (TPSA) is 35.6 Å². The van der Waals surface area contributed by atoms with E-state index in [1.165, 1.54) is 0 Å². The van der Waals surface area contributed by atoms with Crippen LogP contribution in [0.25, 0.3) is 0 Å². The third-order valence-corrected chi connectivity index (χ3v) is 3.23. The molecule has 0 spiro atoms. The Labute approximate surface area is 99.0 Å². The molecule has 0 saturated carbocycles. The van der Waals surface area contributed by atoms with Crippen molar-refractivity contribution in [3.8, 4) is 0 Å². The average molecular weight is 227 g/mol. The molecule has 4 heteroatoms. The Morgan fingerprint density at radius 1 is 1.38 bits per heavy atom. The van der Waals surface area contributed by atoms with Crippen LogP contribution in [-0.4, -0.2) is 53.6 Å². The summed E-state index contributed by atoms with van der Waals surface area (Å²) in [5.74, 6) is 0.229. The maximum atomic E-state index is 11.7. The van der Waals surface area contributed by atoms with E-state index in [1.54, 1.807) is 0 Å². The van der Waals surface area contributed by atoms with Crippen LogP contribution in [0.1, 0.15) is 34.6 Å². The molecule has 1 atom stereocenters. The van der Waals surface area contributed by atoms with Crippen molar-refractivity contribution in [2.45, 2.75) is 52.7 Å². The van der Waals surface area contributed by atoms with Crippen molar-refractivity contribution >= 4 is 5.91 Å². The van der Waals surface area contributed by atoms with Crippen LogP contribution in [0, 0.1) is 0 Å². The van der Waals surface area contributed by atoms with Gasteiger partial charge in [-0.05, 0) is 34.6 Å². The van der Waals surface area contributed by atoms with Crippen LogP contribution in [0.4, 0.5) is 0 Å². The molecule has 0 aromatic rings. The molecule has 1 rings (SSSR count). The normalized spacial score (nSPS) is 21.9. The quantitative estimate of drug-likeness (QED) is 0.757. The summed E-state index contributed by atoms with van der Waals surface area (Å²) in [6, 6.07) is 1.05. The second-order valence-electron chi connectivity index (χ2n) is 5.11. The number of nitrogens with one attached hydrogen (secondary N) is 1. The molecule has 1 aliphatic heterocycles. The first-order chi connectivity index (χ1) is 7.43. The van der Waals surface area contributed by atoms with E-state index in [2.05, 4.69) is 37.9 Å². The monoisotopic (exact) mass is 227 g/mol. The van der Waals surface area contributed by atoms with Gasteiger partial charge in [0.15, 0.2) is 0 Å². The van der Waals surface area contributed by atoms with Crippen LogP contribution in [-0.2, 0) is 4.79 Å². The first kappa shape index (κ1) is 13.5. The van der Waals surface area contributed by atoms with Crippen molar-refractivity contribution < 1.29 is 4.79 Å². The van der Waals surface area contributed by atoms with Gasteiger partial charge in [-0.1, -0.05) is 0 Å². The SMILES string of the molecule is CC1NCN(CCN(C(C)C)C(C)C)C1=O. The van der Waals surface area contributed by atoms with Gasteiger partial charge >= 0.3 is 0 Å². The summed E-state index contributed by atoms with van der Waals surface area (Å²) in [5.41, 5.74) is 0. The van der Waals surface area contributed by atoms with Crippen molar-refractivity contribution in [2.24, 2.45) is 0 Å². The largest absolute Gasteiger partial charge is 0.327 e. The summed E-state index contributed by atoms with van der Waals surface area (Å²) in [6.45, 7) is 13.2. The van der Waals surface area contributed by atoms with Gasteiger partial charge in [-0.25, -0.2) is 0 Å². The molecule has 1 unspecified atom stereocenters. The van der Waals surface area contributed by atoms with Gasteiger partial charge in [-0.15, -0.1) is 0 Å². The van der Waals surface area contributed by atoms with Crippen LogP contribution < -0.4 is 5.32 Å². The van der Waals surface area contributed by atoms with Gasteiger partial charge in [0.1, 0.15) is 0 Å². The van der Waals surface area contributed by atoms with E-state index in [0.29, 0.717) is 18.8 Å². The summed E-state index contributed by atoms with van der Waals surface area (Å²) in [6.07, 6.45) is 0. The Balaban J connectivity index is 2.41. The third kappa shape index (κ3) is 3.19. The molecule has 1 N–H and O–H groups in total. The Bertz CT molecular complexity index is 232. The van der Waals surface area contributed by atoms with E-state index in [9.17, 15) is 4.79 Å². The number of carbonyl (C=O) groups excluding carboxylic acids is 1. The molecule has 1 heterocycles. The summed E-state index contributed by atoms with van der Waals surface area (Å²) in [4.78, 5) is 16.0. The lowest BCUT2D eigenvalue weighted by Gasteiger charge is -2.32. The highest BCUT2D eigenvalue weighted by Gasteiger charge is 2.27. The molecule has 0 bridgehead atoms. The smallest absolute Gasteiger partial charge is 0.240 e. The predicted molar refractivity (Wildman–Crippen MR) is 66.2 cm³/mol. The number of carbonyl (C=O) groups is 1. The molecule has 4 nitrogen and oxygen atoms in total. The van der Waals surface area contributed by atoms with Crippen molar-refractivity contribution in [2.75, 3.05) is 19.8 Å². The number of nitrogens with zero attached hydrogens (tertiary/aromatic N) is 2. The second-order valence-corrected chi connectivity index (χ2v) is 5.11. The van der Waals surface area contributed by atoms with Crippen LogP contribution >= 0.6 is 0 Å². The lowest BCUT2D eigenvalue weighted by molar-refractivity contribution is -0.128. The summed E-state index contributed by atoms with van der Waals surface area (Å²) in [7, 11) is 0. The van der Waals surface area contributed by atoms with E-state index >= 15 is 0 Å². The van der Waals surface area contributed by atoms with Crippen LogP contribution in [0.15, 0.2) is 0 Å². The standard InChI is InChI=1S/C12H25N3O/c1-9(2)15(10(3)4)7-6-14-8-13-11(5)12(14)16/h9-11,13H,6-8H2,1-5H3. The molecular weight excluding hydrogens is 202 g/mol. The minimum Gasteiger partial charge on any atom is -0.327 e. The summed E-state index contributed by atoms with van der Waals surface area (Å²) >= 11 is 0. The lowest BCUT2D eigenvalue weighted by atomic mass is 10.2. The fourth-order valence-electron chi connectivity index (χ4n) is 2.22. The maximum Gasteiger partial charge on any atom is 0.240 e. The highest BCUT2D eigenvalue weighted by Crippen LogP contribution is 2.07. The zero-order chi connectivity index (χ0) is 12.3. The van der Waals surface area contributed by atoms with E-state index in [-0.39, 0.29) is 11.9 Å². The van der Waals surface area contributed by atoms with Crippen molar-refractivity contribution in [1.29, 1.82) is 0 Å². The molecular formula is C12H25N3O. The number of hydrogen-bond acceptors (Lipinski definition) is 3. The second kappa shape index (κ2) is 5.64. The summed E-state index contributed by atoms with van der Waals surface area (Å²) in [5, 5.41) is 3.16. The van der Waals surface area contributed by atoms with E-state index in [1.807, 2.05) is 11.8 Å². The van der Waals surface area contributed by atoms with Crippen LogP contribution in [0.2, 0.25) is 0 Å². The first-order valence-corrected chi connectivity index (χ1v) is 6.21. The van der Waals surface area contributed by atoms with E-state index in [0.717, 1.165) is 13.1 Å². The maximum absolute atomic E-state index is 11.7. The fraction of sp³-hybridized carbons (Fsp3) is 0.917. The molecule has 0 aliphatic carbocycles. The van der Waals surface area contributed by atoms with Crippen molar-refractivity contribution in [3.05, 3.63) is 0 Å². The van der Waals surface area contributed by atoms with E-state index in [4.69, 9.17) is 0 Å². The van der Waals surface area contributed by atoms with Crippen LogP contribution in [0.3, 0.4) is 0 Å². The third-order valence-electron chi connectivity index (χ3n) is 3.23. The van der Waals surface area contributed by atoms with Crippen LogP contribution in [0.5, 0.6) is 0 Å². The van der Waals surface area contributed by atoms with Gasteiger partial charge in [0.25, 0.3) is 0 Å². The Hall–Kier alpha value is -0.610. The number of amides is 1. The van der Waals surface area contributed by atoms with Gasteiger partial charge in [-0.3, -0.25) is 15.0 Å². The molecule has 1 amide bonds. The molecule has 1 fully saturated rings. The average Bonchev–Trinajstić information content (AvgIpc) is 2.48. The van der Waals surface area contributed by atoms with Gasteiger partial charge in [0, 0.05) is 25.2 Å². The Morgan fingerprint density at radius 2 is 1.94 bits per heavy atom. The van der Waals surface area contributed by atoms with Gasteiger partial charge in [-0.2, -0.15) is 0 Å². The minimum atomic E-state index is -0.00782. The highest BCUT2D eigenvalue weighted by atomic mass is 16.2. The predicted octanol–water partition coefficient (Wildman–Crippen LogP) is 0.883. The van der Waals surface area contributed by atoms with Crippen molar-refractivity contribution in [1.82, 2.24) is 15.1 Å². The fourth-order valence-corrected chi connectivity index (χ4v) is 2.22. The number of hydrogen-bond donors (Lipinski definition) is 1. The Morgan fingerprint density at radius 3 is 2.31 bits per heavy atom. The summed E-state index contributed by atoms with van der Waals surface area (Å²) < 4.78 is 0. The zero-order valence-corrected chi connectivity index (χ0v) is 11.2. The molecule has 16 heavy (non-hydrogen) atoms. The minimum absolute atomic E-state index is 0.00782. The van der Waals surface area contributed by atoms with Gasteiger partial charge < -0.3 is 4.90 Å². The molecule has 0 aromatic heterocycles.